The molecule has 0 unspecified atom stereocenters. The Morgan fingerprint density at radius 2 is 1.79 bits per heavy atom. The molecule has 5 rings (SSSR count). The average molecular weight is 471 g/mol. The highest BCUT2D eigenvalue weighted by Crippen LogP contribution is 2.30. The van der Waals surface area contributed by atoms with E-state index in [1.807, 2.05) is 12.1 Å². The molecule has 0 radical (unpaired) electrons. The van der Waals surface area contributed by atoms with Crippen molar-refractivity contribution in [3.05, 3.63) is 94.6 Å². The Kier molecular flexibility index (Phi) is 5.47. The first-order valence-corrected chi connectivity index (χ1v) is 11.0. The molecule has 3 aromatic carbocycles. The van der Waals surface area contributed by atoms with Gasteiger partial charge in [-0.15, -0.1) is 0 Å². The number of halogens is 1. The summed E-state index contributed by atoms with van der Waals surface area (Å²) in [4.78, 5) is 44.0. The summed E-state index contributed by atoms with van der Waals surface area (Å²) in [6, 6.07) is 20.8. The maximum Gasteiger partial charge on any atom is 0.258 e. The first-order chi connectivity index (χ1) is 16.4. The number of benzene rings is 3. The number of hydrogen-bond acceptors (Lipinski definition) is 4. The van der Waals surface area contributed by atoms with Crippen molar-refractivity contribution < 1.29 is 14.4 Å². The first-order valence-electron chi connectivity index (χ1n) is 10.6. The third-order valence-corrected chi connectivity index (χ3v) is 5.85. The van der Waals surface area contributed by atoms with Crippen LogP contribution in [-0.2, 0) is 4.79 Å². The number of nitrogens with one attached hydrogen (secondary N) is 2. The molecule has 8 heteroatoms. The fourth-order valence-corrected chi connectivity index (χ4v) is 4.12. The van der Waals surface area contributed by atoms with E-state index in [-0.39, 0.29) is 24.3 Å². The second kappa shape index (κ2) is 8.61. The Morgan fingerprint density at radius 3 is 2.59 bits per heavy atom. The number of hydrogen-bond donors (Lipinski definition) is 2. The average Bonchev–Trinajstić information content (AvgIpc) is 2.83. The smallest absolute Gasteiger partial charge is 0.258 e. The van der Waals surface area contributed by atoms with E-state index in [9.17, 15) is 14.4 Å². The lowest BCUT2D eigenvalue weighted by atomic mass is 10.1. The molecule has 0 saturated heterocycles. The van der Waals surface area contributed by atoms with Crippen LogP contribution < -0.4 is 15.5 Å². The molecule has 4 aromatic rings. The minimum Gasteiger partial charge on any atom is -0.323 e. The van der Waals surface area contributed by atoms with Crippen LogP contribution >= 0.6 is 11.6 Å². The van der Waals surface area contributed by atoms with E-state index in [1.54, 1.807) is 67.6 Å². The van der Waals surface area contributed by atoms with Crippen LogP contribution in [0.3, 0.4) is 0 Å². The van der Waals surface area contributed by atoms with E-state index >= 15 is 0 Å². The lowest BCUT2D eigenvalue weighted by molar-refractivity contribution is -0.115. The van der Waals surface area contributed by atoms with Crippen molar-refractivity contribution in [2.24, 2.45) is 0 Å². The van der Waals surface area contributed by atoms with Crippen molar-refractivity contribution in [3.8, 4) is 0 Å². The molecule has 34 heavy (non-hydrogen) atoms. The molecule has 3 amide bonds. The Labute approximate surface area is 200 Å². The van der Waals surface area contributed by atoms with Crippen molar-refractivity contribution in [1.82, 2.24) is 4.98 Å². The standard InChI is InChI=1S/C26H19ClN4O3/c1-15-20(13-17-12-18(27)8-11-21(17)28-15)25(33)29-19-9-6-16(7-10-19)26(34)31-14-24(32)30-22-4-2-3-5-23(22)31/h2-13H,14H2,1H3,(H,29,33)(H,30,32). The van der Waals surface area contributed by atoms with Crippen LogP contribution in [0.4, 0.5) is 17.1 Å². The number of amides is 3. The molecule has 1 aliphatic rings. The van der Waals surface area contributed by atoms with E-state index < -0.39 is 0 Å². The van der Waals surface area contributed by atoms with Crippen LogP contribution in [0, 0.1) is 6.92 Å². The molecule has 0 bridgehead atoms. The highest BCUT2D eigenvalue weighted by molar-refractivity contribution is 6.31. The lowest BCUT2D eigenvalue weighted by Crippen LogP contribution is -2.42. The molecule has 0 aliphatic carbocycles. The van der Waals surface area contributed by atoms with Gasteiger partial charge in [-0.05, 0) is 67.6 Å². The molecule has 168 valence electrons. The summed E-state index contributed by atoms with van der Waals surface area (Å²) in [6.07, 6.45) is 0. The quantitative estimate of drug-likeness (QED) is 0.438. The zero-order valence-electron chi connectivity index (χ0n) is 18.1. The number of carbonyl (C=O) groups is 3. The van der Waals surface area contributed by atoms with E-state index in [0.717, 1.165) is 10.9 Å². The van der Waals surface area contributed by atoms with Gasteiger partial charge in [-0.1, -0.05) is 23.7 Å². The Balaban J connectivity index is 1.35. The molecule has 2 N–H and O–H groups in total. The molecule has 1 aromatic heterocycles. The van der Waals surface area contributed by atoms with E-state index in [1.165, 1.54) is 4.90 Å². The molecule has 0 saturated carbocycles. The zero-order chi connectivity index (χ0) is 23.8. The minimum absolute atomic E-state index is 0.0629. The molecule has 7 nitrogen and oxygen atoms in total. The summed E-state index contributed by atoms with van der Waals surface area (Å²) in [7, 11) is 0. The van der Waals surface area contributed by atoms with Gasteiger partial charge in [0.2, 0.25) is 5.91 Å². The van der Waals surface area contributed by atoms with Crippen LogP contribution in [-0.4, -0.2) is 29.3 Å². The highest BCUT2D eigenvalue weighted by atomic mass is 35.5. The van der Waals surface area contributed by atoms with Crippen molar-refractivity contribution in [2.45, 2.75) is 6.92 Å². The van der Waals surface area contributed by atoms with Gasteiger partial charge in [-0.2, -0.15) is 0 Å². The van der Waals surface area contributed by atoms with Gasteiger partial charge in [0.25, 0.3) is 11.8 Å². The molecular formula is C26H19ClN4O3. The Morgan fingerprint density at radius 1 is 1.03 bits per heavy atom. The Hall–Kier alpha value is -4.23. The lowest BCUT2D eigenvalue weighted by Gasteiger charge is -2.29. The number of nitrogens with zero attached hydrogens (tertiary/aromatic N) is 2. The van der Waals surface area contributed by atoms with Crippen molar-refractivity contribution in [3.63, 3.8) is 0 Å². The summed E-state index contributed by atoms with van der Waals surface area (Å²) in [5, 5.41) is 6.96. The van der Waals surface area contributed by atoms with Crippen LogP contribution in [0.5, 0.6) is 0 Å². The van der Waals surface area contributed by atoms with Gasteiger partial charge < -0.3 is 10.6 Å². The fraction of sp³-hybridized carbons (Fsp3) is 0.0769. The summed E-state index contributed by atoms with van der Waals surface area (Å²) < 4.78 is 0. The predicted octanol–water partition coefficient (Wildman–Crippen LogP) is 5.05. The van der Waals surface area contributed by atoms with Crippen molar-refractivity contribution in [1.29, 1.82) is 0 Å². The monoisotopic (exact) mass is 470 g/mol. The summed E-state index contributed by atoms with van der Waals surface area (Å²) in [5.41, 5.74) is 3.96. The maximum atomic E-state index is 13.1. The number of para-hydroxylation sites is 2. The normalized spacial score (nSPS) is 12.8. The number of carbonyl (C=O) groups excluding carboxylic acids is 3. The number of aryl methyl sites for hydroxylation is 1. The number of fused-ring (bicyclic) bond motifs is 2. The third-order valence-electron chi connectivity index (χ3n) is 5.62. The van der Waals surface area contributed by atoms with Crippen LogP contribution in [0.25, 0.3) is 10.9 Å². The van der Waals surface area contributed by atoms with E-state index in [4.69, 9.17) is 11.6 Å². The van der Waals surface area contributed by atoms with Gasteiger partial charge in [0.1, 0.15) is 6.54 Å². The SMILES string of the molecule is Cc1nc2ccc(Cl)cc2cc1C(=O)Nc1ccc(C(=O)N2CC(=O)Nc3ccccc32)cc1. The minimum atomic E-state index is -0.312. The largest absolute Gasteiger partial charge is 0.323 e. The molecule has 0 fully saturated rings. The second-order valence-corrected chi connectivity index (χ2v) is 8.38. The molecule has 0 spiro atoms. The summed E-state index contributed by atoms with van der Waals surface area (Å²) in [5.74, 6) is -0.865. The number of aromatic nitrogens is 1. The van der Waals surface area contributed by atoms with Gasteiger partial charge in [-0.3, -0.25) is 24.3 Å². The zero-order valence-corrected chi connectivity index (χ0v) is 18.9. The van der Waals surface area contributed by atoms with Crippen molar-refractivity contribution >= 4 is 57.3 Å². The number of anilines is 3. The van der Waals surface area contributed by atoms with E-state index in [0.29, 0.717) is 38.9 Å². The first kappa shape index (κ1) is 21.6. The van der Waals surface area contributed by atoms with Gasteiger partial charge in [0.05, 0.1) is 28.1 Å². The van der Waals surface area contributed by atoms with Crippen LogP contribution in [0.1, 0.15) is 26.4 Å². The molecule has 1 aliphatic heterocycles. The third kappa shape index (κ3) is 4.09. The topological polar surface area (TPSA) is 91.4 Å². The van der Waals surface area contributed by atoms with Gasteiger partial charge in [0.15, 0.2) is 0 Å². The number of rotatable bonds is 3. The predicted molar refractivity (Wildman–Crippen MR) is 133 cm³/mol. The van der Waals surface area contributed by atoms with Gasteiger partial charge in [-0.25, -0.2) is 0 Å². The molecule has 2 heterocycles. The van der Waals surface area contributed by atoms with Crippen LogP contribution in [0.2, 0.25) is 5.02 Å². The Bertz CT molecular complexity index is 1470. The molecule has 0 atom stereocenters. The molecular weight excluding hydrogens is 452 g/mol. The number of pyridine rings is 1. The summed E-state index contributed by atoms with van der Waals surface area (Å²) >= 11 is 6.07. The van der Waals surface area contributed by atoms with Gasteiger partial charge in [0, 0.05) is 21.7 Å². The van der Waals surface area contributed by atoms with Crippen molar-refractivity contribution in [2.75, 3.05) is 22.1 Å². The fourth-order valence-electron chi connectivity index (χ4n) is 3.94. The second-order valence-electron chi connectivity index (χ2n) is 7.95. The highest BCUT2D eigenvalue weighted by Gasteiger charge is 2.27. The maximum absolute atomic E-state index is 13.1. The van der Waals surface area contributed by atoms with Gasteiger partial charge >= 0.3 is 0 Å². The van der Waals surface area contributed by atoms with E-state index in [2.05, 4.69) is 15.6 Å². The summed E-state index contributed by atoms with van der Waals surface area (Å²) in [6.45, 7) is 1.71. The van der Waals surface area contributed by atoms with Crippen LogP contribution in [0.15, 0.2) is 72.8 Å².